The molecule has 0 saturated heterocycles. The fraction of sp³-hybridized carbons (Fsp3) is 0.286. The molecule has 0 aliphatic rings. The summed E-state index contributed by atoms with van der Waals surface area (Å²) >= 11 is 0. The van der Waals surface area contributed by atoms with E-state index in [9.17, 15) is 9.59 Å². The lowest BCUT2D eigenvalue weighted by Gasteiger charge is -2.05. The van der Waals surface area contributed by atoms with E-state index < -0.39 is 12.0 Å². The highest BCUT2D eigenvalue weighted by atomic mass is 16.7. The Morgan fingerprint density at radius 1 is 1.20 bits per heavy atom. The molecule has 0 aliphatic carbocycles. The van der Waals surface area contributed by atoms with E-state index >= 15 is 0 Å². The lowest BCUT2D eigenvalue weighted by Crippen LogP contribution is -2.10. The number of ether oxygens (including phenoxy) is 2. The van der Waals surface area contributed by atoms with E-state index in [1.807, 2.05) is 19.1 Å². The van der Waals surface area contributed by atoms with Crippen LogP contribution in [0.15, 0.2) is 37.9 Å². The zero-order valence-electron chi connectivity index (χ0n) is 11.2. The predicted octanol–water partition coefficient (Wildman–Crippen LogP) is 2.82. The molecule has 0 unspecified atom stereocenters. The first-order chi connectivity index (χ1) is 9.58. The highest BCUT2D eigenvalue weighted by molar-refractivity contribution is 5.63. The SMILES string of the molecule is CCc1ccc(OC(=O)OCc2oc(=O)oc2C)cc1. The molecule has 1 heterocycles. The van der Waals surface area contributed by atoms with E-state index in [2.05, 4.69) is 4.42 Å². The van der Waals surface area contributed by atoms with Crippen LogP contribution in [0.25, 0.3) is 0 Å². The van der Waals surface area contributed by atoms with Crippen LogP contribution < -0.4 is 10.6 Å². The molecule has 0 bridgehead atoms. The molecule has 0 radical (unpaired) electrons. The highest BCUT2D eigenvalue weighted by Gasteiger charge is 2.12. The number of rotatable bonds is 4. The van der Waals surface area contributed by atoms with Crippen LogP contribution in [0.4, 0.5) is 4.79 Å². The quantitative estimate of drug-likeness (QED) is 0.632. The van der Waals surface area contributed by atoms with Gasteiger partial charge in [-0.15, -0.1) is 0 Å². The van der Waals surface area contributed by atoms with E-state index in [1.165, 1.54) is 0 Å². The lowest BCUT2D eigenvalue weighted by atomic mass is 10.2. The first-order valence-corrected chi connectivity index (χ1v) is 6.11. The van der Waals surface area contributed by atoms with Gasteiger partial charge < -0.3 is 18.3 Å². The van der Waals surface area contributed by atoms with Crippen molar-refractivity contribution in [2.45, 2.75) is 26.9 Å². The van der Waals surface area contributed by atoms with Gasteiger partial charge in [-0.05, 0) is 31.0 Å². The Morgan fingerprint density at radius 2 is 1.90 bits per heavy atom. The fourth-order valence-electron chi connectivity index (χ4n) is 1.55. The third kappa shape index (κ3) is 3.50. The molecule has 1 aromatic heterocycles. The lowest BCUT2D eigenvalue weighted by molar-refractivity contribution is 0.0857. The molecule has 0 fully saturated rings. The van der Waals surface area contributed by atoms with E-state index in [1.54, 1.807) is 19.1 Å². The van der Waals surface area contributed by atoms with Gasteiger partial charge in [-0.3, -0.25) is 0 Å². The normalized spacial score (nSPS) is 10.3. The Labute approximate surface area is 114 Å². The number of aryl methyl sites for hydroxylation is 2. The van der Waals surface area contributed by atoms with Crippen molar-refractivity contribution >= 4 is 6.16 Å². The maximum Gasteiger partial charge on any atom is 0.519 e. The highest BCUT2D eigenvalue weighted by Crippen LogP contribution is 2.14. The van der Waals surface area contributed by atoms with Crippen molar-refractivity contribution in [1.82, 2.24) is 0 Å². The van der Waals surface area contributed by atoms with Gasteiger partial charge in [-0.25, -0.2) is 9.59 Å². The van der Waals surface area contributed by atoms with Crippen molar-refractivity contribution < 1.29 is 23.1 Å². The molecule has 1 aromatic carbocycles. The molecule has 106 valence electrons. The summed E-state index contributed by atoms with van der Waals surface area (Å²) in [6, 6.07) is 7.09. The molecular weight excluding hydrogens is 264 g/mol. The van der Waals surface area contributed by atoms with Crippen molar-refractivity contribution in [3.05, 3.63) is 52.0 Å². The third-order valence-electron chi connectivity index (χ3n) is 2.69. The van der Waals surface area contributed by atoms with Gasteiger partial charge in [0.2, 0.25) is 0 Å². The van der Waals surface area contributed by atoms with Crippen LogP contribution in [0.1, 0.15) is 24.0 Å². The maximum atomic E-state index is 11.5. The average Bonchev–Trinajstić information content (AvgIpc) is 2.75. The van der Waals surface area contributed by atoms with Crippen LogP contribution in [0.2, 0.25) is 0 Å². The van der Waals surface area contributed by atoms with Crippen molar-refractivity contribution in [1.29, 1.82) is 0 Å². The number of carbonyl (C=O) groups excluding carboxylic acids is 1. The number of hydrogen-bond acceptors (Lipinski definition) is 6. The predicted molar refractivity (Wildman–Crippen MR) is 68.6 cm³/mol. The molecule has 6 heteroatoms. The molecule has 0 saturated carbocycles. The Hall–Kier alpha value is -2.50. The number of hydrogen-bond donors (Lipinski definition) is 0. The standard InChI is InChI=1S/C14H14O6/c1-3-10-4-6-11(7-5-10)19-13(15)17-8-12-9(2)18-14(16)20-12/h4-7H,3,8H2,1-2H3. The molecule has 0 aliphatic heterocycles. The van der Waals surface area contributed by atoms with Crippen molar-refractivity contribution in [3.8, 4) is 5.75 Å². The van der Waals surface area contributed by atoms with E-state index in [4.69, 9.17) is 13.9 Å². The zero-order chi connectivity index (χ0) is 14.5. The van der Waals surface area contributed by atoms with Crippen molar-refractivity contribution in [3.63, 3.8) is 0 Å². The Bertz CT molecular complexity index is 634. The van der Waals surface area contributed by atoms with Crippen molar-refractivity contribution in [2.24, 2.45) is 0 Å². The molecule has 0 spiro atoms. The smallest absolute Gasteiger partial charge is 0.426 e. The van der Waals surface area contributed by atoms with Gasteiger partial charge in [0.1, 0.15) is 5.75 Å². The Balaban J connectivity index is 1.89. The summed E-state index contributed by atoms with van der Waals surface area (Å²) in [5, 5.41) is 0. The summed E-state index contributed by atoms with van der Waals surface area (Å²) in [5.41, 5.74) is 1.14. The average molecular weight is 278 g/mol. The van der Waals surface area contributed by atoms with Crippen molar-refractivity contribution in [2.75, 3.05) is 0 Å². The van der Waals surface area contributed by atoms with Gasteiger partial charge in [0.05, 0.1) is 0 Å². The van der Waals surface area contributed by atoms with Crippen LogP contribution >= 0.6 is 0 Å². The largest absolute Gasteiger partial charge is 0.519 e. The first kappa shape index (κ1) is 13.9. The molecule has 20 heavy (non-hydrogen) atoms. The molecule has 0 atom stereocenters. The first-order valence-electron chi connectivity index (χ1n) is 6.11. The van der Waals surface area contributed by atoms with Crippen LogP contribution in [-0.2, 0) is 17.8 Å². The Kier molecular flexibility index (Phi) is 4.24. The van der Waals surface area contributed by atoms with Gasteiger partial charge in [0, 0.05) is 0 Å². The fourth-order valence-corrected chi connectivity index (χ4v) is 1.55. The summed E-state index contributed by atoms with van der Waals surface area (Å²) in [6.45, 7) is 3.35. The molecule has 6 nitrogen and oxygen atoms in total. The zero-order valence-corrected chi connectivity index (χ0v) is 11.2. The minimum Gasteiger partial charge on any atom is -0.426 e. The summed E-state index contributed by atoms with van der Waals surface area (Å²) in [6.07, 6.45) is 0.0290. The van der Waals surface area contributed by atoms with Crippen LogP contribution in [0, 0.1) is 6.92 Å². The second-order valence-electron chi connectivity index (χ2n) is 4.07. The molecule has 0 N–H and O–H groups in total. The molecule has 0 amide bonds. The molecule has 2 aromatic rings. The maximum absolute atomic E-state index is 11.5. The van der Waals surface area contributed by atoms with Crippen LogP contribution in [0.5, 0.6) is 5.75 Å². The van der Waals surface area contributed by atoms with Crippen LogP contribution in [-0.4, -0.2) is 6.16 Å². The van der Waals surface area contributed by atoms with Gasteiger partial charge in [-0.2, -0.15) is 0 Å². The minimum absolute atomic E-state index is 0.160. The Morgan fingerprint density at radius 3 is 2.45 bits per heavy atom. The topological polar surface area (TPSA) is 78.9 Å². The number of benzene rings is 1. The minimum atomic E-state index is -0.877. The van der Waals surface area contributed by atoms with Gasteiger partial charge in [-0.1, -0.05) is 19.1 Å². The van der Waals surface area contributed by atoms with E-state index in [0.29, 0.717) is 5.75 Å². The van der Waals surface area contributed by atoms with Gasteiger partial charge >= 0.3 is 12.0 Å². The summed E-state index contributed by atoms with van der Waals surface area (Å²) < 4.78 is 19.1. The summed E-state index contributed by atoms with van der Waals surface area (Å²) in [7, 11) is 0. The number of carbonyl (C=O) groups is 1. The summed E-state index contributed by atoms with van der Waals surface area (Å²) in [4.78, 5) is 22.3. The van der Waals surface area contributed by atoms with E-state index in [-0.39, 0.29) is 18.1 Å². The summed E-state index contributed by atoms with van der Waals surface area (Å²) in [5.74, 6) is -0.00873. The van der Waals surface area contributed by atoms with Crippen LogP contribution in [0.3, 0.4) is 0 Å². The van der Waals surface area contributed by atoms with Gasteiger partial charge in [0.25, 0.3) is 0 Å². The molecule has 2 rings (SSSR count). The molecular formula is C14H14O6. The third-order valence-corrected chi connectivity index (χ3v) is 2.69. The van der Waals surface area contributed by atoms with Gasteiger partial charge in [0.15, 0.2) is 18.1 Å². The second kappa shape index (κ2) is 6.10. The van der Waals surface area contributed by atoms with E-state index in [0.717, 1.165) is 12.0 Å². The monoisotopic (exact) mass is 278 g/mol. The second-order valence-corrected chi connectivity index (χ2v) is 4.07.